The quantitative estimate of drug-likeness (QED) is 0.146. The first-order chi connectivity index (χ1) is 30.6. The summed E-state index contributed by atoms with van der Waals surface area (Å²) in [6.07, 6.45) is 3.63. The van der Waals surface area contributed by atoms with Crippen LogP contribution in [0.5, 0.6) is 0 Å². The van der Waals surface area contributed by atoms with E-state index in [-0.39, 0.29) is 21.1 Å². The molecule has 1 aliphatic rings. The van der Waals surface area contributed by atoms with Crippen LogP contribution < -0.4 is 0 Å². The van der Waals surface area contributed by atoms with Gasteiger partial charge in [0.05, 0.1) is 0 Å². The fraction of sp³-hybridized carbons (Fsp3) is 0.143. The molecule has 0 spiro atoms. The summed E-state index contributed by atoms with van der Waals surface area (Å²) in [5.41, 5.74) is 14.9. The van der Waals surface area contributed by atoms with Crippen molar-refractivity contribution in [3.63, 3.8) is 0 Å². The Bertz CT molecular complexity index is 3360. The molecular weight excluding hydrogens is 924 g/mol. The van der Waals surface area contributed by atoms with Gasteiger partial charge in [-0.25, -0.2) is 14.1 Å². The molecule has 11 rings (SSSR count). The number of pyridine rings is 1. The number of fused-ring (bicyclic) bond motifs is 7. The van der Waals surface area contributed by atoms with Gasteiger partial charge in [0.25, 0.3) is 0 Å². The van der Waals surface area contributed by atoms with Crippen molar-refractivity contribution in [3.05, 3.63) is 216 Å². The van der Waals surface area contributed by atoms with E-state index in [4.69, 9.17) is 9.10 Å². The summed E-state index contributed by atoms with van der Waals surface area (Å²) in [5, 5.41) is 2.22. The van der Waals surface area contributed by atoms with Crippen molar-refractivity contribution in [1.82, 2.24) is 18.7 Å². The molecule has 0 N–H and O–H groups in total. The summed E-state index contributed by atoms with van der Waals surface area (Å²) in [6, 6.07) is 63.4. The fourth-order valence-electron chi connectivity index (χ4n) is 10.0. The third-order valence-electron chi connectivity index (χ3n) is 12.7. The standard InChI is InChI=1S/C56H45N4.Pt/c1-36(2)42-21-15-22-43(37(3)4)55(42)38-30-31-57-54(32-38)60-50-25-11-8-20-46(50)47-29-28-40(34-53(47)60)56(48-23-9-6-18-44(48)45-19-7-10-24-49(45)56)39-16-14-17-41(33-39)59-35-58(5)51-26-12-13-27-52(51)59;/h6-32,35-37H,1-5H3;/q-1;/i5D3;. The Hall–Kier alpha value is -6.35. The SMILES string of the molecule is [2H]C([2H])([2H])n1[cH+]n(-c2[c-]c(C3(c4[c-]c5c(cc4)c4ccccc4n5-c4cc(-c5c(C(C)C)cccc5C(C)C)ccn4)c4ccccc4-c4ccccc43)ccc2)c2ccccc21.[Pt]. The Morgan fingerprint density at radius 3 is 1.93 bits per heavy atom. The van der Waals surface area contributed by atoms with Gasteiger partial charge in [-0.3, -0.25) is 0 Å². The van der Waals surface area contributed by atoms with Gasteiger partial charge in [0, 0.05) is 67.1 Å². The van der Waals surface area contributed by atoms with E-state index in [1.807, 2.05) is 41.1 Å². The van der Waals surface area contributed by atoms with E-state index in [0.717, 1.165) is 77.8 Å². The number of hydrogen-bond donors (Lipinski definition) is 0. The van der Waals surface area contributed by atoms with Crippen molar-refractivity contribution in [2.24, 2.45) is 6.98 Å². The molecule has 300 valence electrons. The monoisotopic (exact) mass is 971 g/mol. The number of nitrogens with zero attached hydrogens (tertiary/aromatic N) is 4. The van der Waals surface area contributed by atoms with Crippen molar-refractivity contribution in [3.8, 4) is 33.8 Å². The van der Waals surface area contributed by atoms with E-state index >= 15 is 0 Å². The van der Waals surface area contributed by atoms with Crippen LogP contribution in [0.1, 0.15) is 77.0 Å². The van der Waals surface area contributed by atoms with Gasteiger partial charge in [0.2, 0.25) is 0 Å². The van der Waals surface area contributed by atoms with Gasteiger partial charge in [-0.05, 0) is 92.1 Å². The predicted molar refractivity (Wildman–Crippen MR) is 247 cm³/mol. The van der Waals surface area contributed by atoms with Crippen molar-refractivity contribution in [2.45, 2.75) is 44.9 Å². The molecule has 0 amide bonds. The zero-order chi connectivity index (χ0) is 43.2. The van der Waals surface area contributed by atoms with Crippen LogP contribution in [-0.2, 0) is 33.5 Å². The van der Waals surface area contributed by atoms with Gasteiger partial charge in [0.15, 0.2) is 17.4 Å². The molecule has 0 bridgehead atoms. The van der Waals surface area contributed by atoms with Gasteiger partial charge in [-0.2, -0.15) is 30.3 Å². The van der Waals surface area contributed by atoms with Crippen molar-refractivity contribution < 1.29 is 25.2 Å². The van der Waals surface area contributed by atoms with Crippen LogP contribution in [0, 0.1) is 12.1 Å². The van der Waals surface area contributed by atoms with Crippen LogP contribution in [0.2, 0.25) is 0 Å². The average Bonchev–Trinajstić information content (AvgIpc) is 3.96. The van der Waals surface area contributed by atoms with E-state index in [9.17, 15) is 0 Å². The second kappa shape index (κ2) is 15.0. The molecule has 3 aromatic heterocycles. The molecule has 7 aromatic carbocycles. The van der Waals surface area contributed by atoms with Gasteiger partial charge in [0.1, 0.15) is 5.82 Å². The molecule has 0 atom stereocenters. The molecule has 4 nitrogen and oxygen atoms in total. The van der Waals surface area contributed by atoms with E-state index in [0.29, 0.717) is 17.4 Å². The number of imidazole rings is 1. The largest absolute Gasteiger partial charge is 0.319 e. The molecule has 10 aromatic rings. The number of rotatable bonds is 7. The zero-order valence-corrected chi connectivity index (χ0v) is 36.7. The molecule has 5 heteroatoms. The van der Waals surface area contributed by atoms with Gasteiger partial charge >= 0.3 is 0 Å². The molecule has 3 heterocycles. The first-order valence-corrected chi connectivity index (χ1v) is 20.9. The van der Waals surface area contributed by atoms with Crippen molar-refractivity contribution >= 4 is 32.8 Å². The van der Waals surface area contributed by atoms with E-state index < -0.39 is 12.4 Å². The summed E-state index contributed by atoms with van der Waals surface area (Å²) >= 11 is 0. The Balaban J connectivity index is 0.00000484. The summed E-state index contributed by atoms with van der Waals surface area (Å²) in [4.78, 5) is 5.11. The maximum atomic E-state index is 8.37. The van der Waals surface area contributed by atoms with Crippen LogP contribution in [0.3, 0.4) is 0 Å². The van der Waals surface area contributed by atoms with Crippen molar-refractivity contribution in [1.29, 1.82) is 0 Å². The number of para-hydroxylation sites is 3. The number of benzene rings is 7. The van der Waals surface area contributed by atoms with Crippen LogP contribution in [-0.4, -0.2) is 18.7 Å². The molecule has 1 aliphatic carbocycles. The summed E-state index contributed by atoms with van der Waals surface area (Å²) in [7, 11) is 0. The normalized spacial score (nSPS) is 13.9. The molecule has 0 fully saturated rings. The topological polar surface area (TPSA) is 27.7 Å². The molecular formula is C56H45N4Pt-. The summed E-state index contributed by atoms with van der Waals surface area (Å²) in [5.74, 6) is 1.53. The first-order valence-electron chi connectivity index (χ1n) is 22.4. The minimum atomic E-state index is -2.36. The molecule has 0 aliphatic heterocycles. The van der Waals surface area contributed by atoms with E-state index in [2.05, 4.69) is 172 Å². The maximum Gasteiger partial charge on any atom is 0.188 e. The number of aromatic nitrogens is 4. The summed E-state index contributed by atoms with van der Waals surface area (Å²) in [6.45, 7) is 6.71. The maximum absolute atomic E-state index is 8.37. The third-order valence-corrected chi connectivity index (χ3v) is 12.7. The van der Waals surface area contributed by atoms with Gasteiger partial charge in [-0.15, -0.1) is 22.6 Å². The molecule has 61 heavy (non-hydrogen) atoms. The third kappa shape index (κ3) is 5.83. The van der Waals surface area contributed by atoms with E-state index in [1.165, 1.54) is 21.3 Å². The Kier molecular flexibility index (Phi) is 8.69. The number of aryl methyl sites for hydroxylation is 1. The van der Waals surface area contributed by atoms with Crippen LogP contribution in [0.25, 0.3) is 66.6 Å². The summed E-state index contributed by atoms with van der Waals surface area (Å²) < 4.78 is 30.7. The minimum absolute atomic E-state index is 0. The average molecular weight is 972 g/mol. The Labute approximate surface area is 376 Å². The second-order valence-corrected chi connectivity index (χ2v) is 16.6. The molecule has 0 saturated carbocycles. The predicted octanol–water partition coefficient (Wildman–Crippen LogP) is 13.6. The Morgan fingerprint density at radius 1 is 0.607 bits per heavy atom. The smallest absolute Gasteiger partial charge is 0.188 e. The second-order valence-electron chi connectivity index (χ2n) is 16.6. The van der Waals surface area contributed by atoms with Gasteiger partial charge < -0.3 is 4.57 Å². The fourth-order valence-corrected chi connectivity index (χ4v) is 10.0. The van der Waals surface area contributed by atoms with Crippen LogP contribution >= 0.6 is 0 Å². The molecule has 0 radical (unpaired) electrons. The minimum Gasteiger partial charge on any atom is -0.319 e. The van der Waals surface area contributed by atoms with Crippen LogP contribution in [0.4, 0.5) is 0 Å². The van der Waals surface area contributed by atoms with Crippen molar-refractivity contribution in [2.75, 3.05) is 0 Å². The molecule has 0 unspecified atom stereocenters. The zero-order valence-electron chi connectivity index (χ0n) is 37.4. The van der Waals surface area contributed by atoms with Crippen LogP contribution in [0.15, 0.2) is 170 Å². The van der Waals surface area contributed by atoms with Gasteiger partial charge in [-0.1, -0.05) is 124 Å². The number of hydrogen-bond acceptors (Lipinski definition) is 1. The Morgan fingerprint density at radius 2 is 1.23 bits per heavy atom. The molecule has 0 saturated heterocycles. The first kappa shape index (κ1) is 35.4. The van der Waals surface area contributed by atoms with E-state index in [1.54, 1.807) is 6.33 Å².